The Labute approximate surface area is 133 Å². The van der Waals surface area contributed by atoms with E-state index in [0.717, 1.165) is 24.7 Å². The summed E-state index contributed by atoms with van der Waals surface area (Å²) in [5.74, 6) is 1.50. The van der Waals surface area contributed by atoms with Crippen LogP contribution in [0.5, 0.6) is 0 Å². The molecule has 0 aromatic heterocycles. The van der Waals surface area contributed by atoms with Crippen LogP contribution in [0, 0.1) is 22.7 Å². The topological polar surface area (TPSA) is 9.23 Å². The lowest BCUT2D eigenvalue weighted by Crippen LogP contribution is -2.13. The van der Waals surface area contributed by atoms with E-state index in [-0.39, 0.29) is 0 Å². The lowest BCUT2D eigenvalue weighted by Gasteiger charge is -2.25. The lowest BCUT2D eigenvalue weighted by molar-refractivity contribution is 0.284. The van der Waals surface area contributed by atoms with Crippen molar-refractivity contribution in [1.29, 1.82) is 0 Å². The Bertz CT molecular complexity index is 287. The molecular formula is C20H38O. The molecule has 1 nitrogen and oxygen atoms in total. The van der Waals surface area contributed by atoms with Gasteiger partial charge in [-0.05, 0) is 60.5 Å². The molecular weight excluding hydrogens is 256 g/mol. The van der Waals surface area contributed by atoms with Gasteiger partial charge in [0.05, 0.1) is 12.5 Å². The maximum atomic E-state index is 5.47. The highest BCUT2D eigenvalue weighted by Gasteiger charge is 2.18. The fourth-order valence-corrected chi connectivity index (χ4v) is 3.27. The molecule has 0 aromatic carbocycles. The molecule has 0 aliphatic rings. The molecule has 0 aromatic rings. The lowest BCUT2D eigenvalue weighted by atomic mass is 9.81. The molecule has 0 fully saturated rings. The Morgan fingerprint density at radius 3 is 1.33 bits per heavy atom. The maximum absolute atomic E-state index is 5.47. The minimum absolute atomic E-state index is 0.358. The summed E-state index contributed by atoms with van der Waals surface area (Å²) in [5.41, 5.74) is 0.716. The van der Waals surface area contributed by atoms with E-state index in [1.54, 1.807) is 0 Å². The summed E-state index contributed by atoms with van der Waals surface area (Å²) in [7, 11) is 0. The van der Waals surface area contributed by atoms with Gasteiger partial charge in [-0.15, -0.1) is 0 Å². The Hall–Kier alpha value is -0.720. The number of rotatable bonds is 10. The Kier molecular flexibility index (Phi) is 9.01. The molecule has 0 saturated heterocycles. The number of allylic oxidation sites excluding steroid dienone is 2. The summed E-state index contributed by atoms with van der Waals surface area (Å²) in [4.78, 5) is 0. The Morgan fingerprint density at radius 2 is 1.05 bits per heavy atom. The molecule has 0 saturated carbocycles. The summed E-state index contributed by atoms with van der Waals surface area (Å²) in [5, 5.41) is 0. The van der Waals surface area contributed by atoms with Gasteiger partial charge in [-0.1, -0.05) is 55.4 Å². The molecule has 0 radical (unpaired) electrons. The van der Waals surface area contributed by atoms with Crippen molar-refractivity contribution in [3.05, 3.63) is 24.7 Å². The van der Waals surface area contributed by atoms with Crippen molar-refractivity contribution in [3.8, 4) is 0 Å². The largest absolute Gasteiger partial charge is 0.473 e. The van der Waals surface area contributed by atoms with Crippen LogP contribution in [0.1, 0.15) is 81.1 Å². The first-order valence-electron chi connectivity index (χ1n) is 8.49. The Morgan fingerprint density at radius 1 is 0.714 bits per heavy atom. The molecule has 0 unspecified atom stereocenters. The summed E-state index contributed by atoms with van der Waals surface area (Å²) in [6, 6.07) is 0. The average Bonchev–Trinajstić information content (AvgIpc) is 2.23. The van der Waals surface area contributed by atoms with Crippen LogP contribution in [0.2, 0.25) is 0 Å². The number of hydrogen-bond donors (Lipinski definition) is 0. The molecule has 124 valence electrons. The highest BCUT2D eigenvalue weighted by Crippen LogP contribution is 2.30. The Balaban J connectivity index is 3.98. The van der Waals surface area contributed by atoms with E-state index >= 15 is 0 Å². The van der Waals surface area contributed by atoms with Crippen LogP contribution < -0.4 is 0 Å². The third kappa shape index (κ3) is 12.7. The van der Waals surface area contributed by atoms with E-state index < -0.39 is 0 Å². The van der Waals surface area contributed by atoms with E-state index in [2.05, 4.69) is 67.5 Å². The van der Waals surface area contributed by atoms with Crippen molar-refractivity contribution in [2.45, 2.75) is 81.1 Å². The van der Waals surface area contributed by atoms with E-state index in [0.29, 0.717) is 10.8 Å². The van der Waals surface area contributed by atoms with Gasteiger partial charge in [0.1, 0.15) is 0 Å². The van der Waals surface area contributed by atoms with Gasteiger partial charge in [-0.2, -0.15) is 0 Å². The molecule has 0 bridgehead atoms. The minimum atomic E-state index is 0.358. The predicted octanol–water partition coefficient (Wildman–Crippen LogP) is 6.96. The quantitative estimate of drug-likeness (QED) is 0.396. The first kappa shape index (κ1) is 20.3. The summed E-state index contributed by atoms with van der Waals surface area (Å²) in [6.07, 6.45) is 12.6. The van der Waals surface area contributed by atoms with Crippen molar-refractivity contribution in [1.82, 2.24) is 0 Å². The summed E-state index contributed by atoms with van der Waals surface area (Å²) in [6.45, 7) is 18.4. The van der Waals surface area contributed by atoms with Crippen molar-refractivity contribution in [2.24, 2.45) is 22.7 Å². The second-order valence-electron chi connectivity index (χ2n) is 8.81. The van der Waals surface area contributed by atoms with Crippen molar-refractivity contribution >= 4 is 0 Å². The summed E-state index contributed by atoms with van der Waals surface area (Å²) >= 11 is 0. The molecule has 0 amide bonds. The second kappa shape index (κ2) is 9.33. The molecule has 1 heteroatoms. The van der Waals surface area contributed by atoms with Gasteiger partial charge in [-0.25, -0.2) is 0 Å². The first-order valence-corrected chi connectivity index (χ1v) is 8.49. The fourth-order valence-electron chi connectivity index (χ4n) is 3.27. The molecule has 0 aliphatic heterocycles. The van der Waals surface area contributed by atoms with Gasteiger partial charge in [0.25, 0.3) is 0 Å². The van der Waals surface area contributed by atoms with E-state index in [1.165, 1.54) is 12.8 Å². The van der Waals surface area contributed by atoms with Crippen LogP contribution in [0.4, 0.5) is 0 Å². The van der Waals surface area contributed by atoms with Gasteiger partial charge >= 0.3 is 0 Å². The standard InChI is InChI=1S/C20H38O/c1-17(2)15-19(5,6)11-9-13-21-14-10-12-20(7,8)16-18(3)4/h9-10,13-14,17-18H,11-12,15-16H2,1-8H3. The molecule has 21 heavy (non-hydrogen) atoms. The van der Waals surface area contributed by atoms with Gasteiger partial charge in [-0.3, -0.25) is 0 Å². The van der Waals surface area contributed by atoms with Crippen LogP contribution in [-0.4, -0.2) is 0 Å². The number of ether oxygens (including phenoxy) is 1. The molecule has 0 rings (SSSR count). The predicted molar refractivity (Wildman–Crippen MR) is 95.1 cm³/mol. The SMILES string of the molecule is CC(C)CC(C)(C)CC=COC=CCC(C)(C)CC(C)C. The van der Waals surface area contributed by atoms with Crippen LogP contribution in [0.15, 0.2) is 24.7 Å². The van der Waals surface area contributed by atoms with E-state index in [9.17, 15) is 0 Å². The first-order chi connectivity index (χ1) is 9.54. The van der Waals surface area contributed by atoms with Gasteiger partial charge < -0.3 is 4.74 Å². The maximum Gasteiger partial charge on any atom is 0.0861 e. The normalized spacial score (nSPS) is 14.0. The van der Waals surface area contributed by atoms with Crippen molar-refractivity contribution in [2.75, 3.05) is 0 Å². The van der Waals surface area contributed by atoms with E-state index in [1.807, 2.05) is 12.5 Å². The smallest absolute Gasteiger partial charge is 0.0861 e. The minimum Gasteiger partial charge on any atom is -0.473 e. The third-order valence-electron chi connectivity index (χ3n) is 3.61. The molecule has 0 aliphatic carbocycles. The molecule has 0 atom stereocenters. The highest BCUT2D eigenvalue weighted by atomic mass is 16.5. The zero-order valence-electron chi connectivity index (χ0n) is 15.7. The molecule has 0 spiro atoms. The fraction of sp³-hybridized carbons (Fsp3) is 0.800. The van der Waals surface area contributed by atoms with E-state index in [4.69, 9.17) is 4.74 Å². The van der Waals surface area contributed by atoms with Gasteiger partial charge in [0, 0.05) is 0 Å². The average molecular weight is 295 g/mol. The molecule has 0 heterocycles. The number of hydrogen-bond acceptors (Lipinski definition) is 1. The second-order valence-corrected chi connectivity index (χ2v) is 8.81. The van der Waals surface area contributed by atoms with Gasteiger partial charge in [0.2, 0.25) is 0 Å². The van der Waals surface area contributed by atoms with Crippen LogP contribution >= 0.6 is 0 Å². The van der Waals surface area contributed by atoms with Crippen molar-refractivity contribution in [3.63, 3.8) is 0 Å². The van der Waals surface area contributed by atoms with Crippen LogP contribution in [0.25, 0.3) is 0 Å². The zero-order chi connectivity index (χ0) is 16.5. The molecule has 0 N–H and O–H groups in total. The van der Waals surface area contributed by atoms with Crippen molar-refractivity contribution < 1.29 is 4.74 Å². The zero-order valence-corrected chi connectivity index (χ0v) is 15.7. The van der Waals surface area contributed by atoms with Crippen LogP contribution in [0.3, 0.4) is 0 Å². The highest BCUT2D eigenvalue weighted by molar-refractivity contribution is 4.87. The summed E-state index contributed by atoms with van der Waals surface area (Å²) < 4.78 is 5.47. The monoisotopic (exact) mass is 294 g/mol. The third-order valence-corrected chi connectivity index (χ3v) is 3.61. The van der Waals surface area contributed by atoms with Gasteiger partial charge in [0.15, 0.2) is 0 Å². The van der Waals surface area contributed by atoms with Crippen LogP contribution in [-0.2, 0) is 4.74 Å².